The highest BCUT2D eigenvalue weighted by atomic mass is 16.5. The Kier molecular flexibility index (Phi) is 4.09. The fourth-order valence-electron chi connectivity index (χ4n) is 1.41. The van der Waals surface area contributed by atoms with Crippen molar-refractivity contribution in [2.24, 2.45) is 0 Å². The van der Waals surface area contributed by atoms with Crippen LogP contribution in [0.2, 0.25) is 0 Å². The lowest BCUT2D eigenvalue weighted by molar-refractivity contribution is -0.141. The van der Waals surface area contributed by atoms with Gasteiger partial charge in [-0.25, -0.2) is 0 Å². The van der Waals surface area contributed by atoms with Crippen molar-refractivity contribution in [3.63, 3.8) is 0 Å². The van der Waals surface area contributed by atoms with Gasteiger partial charge in [0.25, 0.3) is 5.56 Å². The Morgan fingerprint density at radius 2 is 2.20 bits per heavy atom. The summed E-state index contributed by atoms with van der Waals surface area (Å²) in [4.78, 5) is 22.6. The molecule has 0 bridgehead atoms. The number of ether oxygens (including phenoxy) is 1. The Labute approximate surface area is 88.5 Å². The molecule has 4 heteroatoms. The van der Waals surface area contributed by atoms with E-state index in [2.05, 4.69) is 4.74 Å². The molecule has 4 nitrogen and oxygen atoms in total. The highest BCUT2D eigenvalue weighted by Crippen LogP contribution is 2.00. The molecular weight excluding hydrogens is 194 g/mol. The largest absolute Gasteiger partial charge is 0.468 e. The minimum Gasteiger partial charge on any atom is -0.468 e. The highest BCUT2D eigenvalue weighted by Gasteiger charge is 2.07. The molecule has 0 atom stereocenters. The molecule has 0 aromatic carbocycles. The van der Waals surface area contributed by atoms with Crippen molar-refractivity contribution in [3.05, 3.63) is 34.2 Å². The molecule has 1 aromatic heterocycles. The third-order valence-electron chi connectivity index (χ3n) is 2.16. The fourth-order valence-corrected chi connectivity index (χ4v) is 1.41. The Bertz CT molecular complexity index is 395. The number of rotatable bonds is 4. The summed E-state index contributed by atoms with van der Waals surface area (Å²) < 4.78 is 6.00. The molecule has 0 N–H and O–H groups in total. The van der Waals surface area contributed by atoms with Gasteiger partial charge >= 0.3 is 5.97 Å². The van der Waals surface area contributed by atoms with Gasteiger partial charge < -0.3 is 9.30 Å². The van der Waals surface area contributed by atoms with Crippen LogP contribution in [-0.4, -0.2) is 17.6 Å². The summed E-state index contributed by atoms with van der Waals surface area (Å²) in [6, 6.07) is 5.01. The topological polar surface area (TPSA) is 48.3 Å². The number of methoxy groups -OCH3 is 1. The second kappa shape index (κ2) is 5.34. The van der Waals surface area contributed by atoms with Gasteiger partial charge in [-0.1, -0.05) is 19.4 Å². The lowest BCUT2D eigenvalue weighted by Crippen LogP contribution is -2.26. The summed E-state index contributed by atoms with van der Waals surface area (Å²) in [6.45, 7) is 2.02. The van der Waals surface area contributed by atoms with Gasteiger partial charge in [0.1, 0.15) is 6.54 Å². The molecule has 0 saturated heterocycles. The molecule has 0 aliphatic carbocycles. The Hall–Kier alpha value is -1.58. The van der Waals surface area contributed by atoms with Crippen LogP contribution in [0.5, 0.6) is 0 Å². The Morgan fingerprint density at radius 1 is 1.47 bits per heavy atom. The van der Waals surface area contributed by atoms with E-state index in [4.69, 9.17) is 0 Å². The lowest BCUT2D eigenvalue weighted by Gasteiger charge is -2.10. The van der Waals surface area contributed by atoms with Gasteiger partial charge in [-0.05, 0) is 12.5 Å². The van der Waals surface area contributed by atoms with Crippen molar-refractivity contribution in [3.8, 4) is 0 Å². The number of carbonyl (C=O) groups excluding carboxylic acids is 1. The molecule has 0 amide bonds. The van der Waals surface area contributed by atoms with Crippen molar-refractivity contribution in [1.82, 2.24) is 4.57 Å². The van der Waals surface area contributed by atoms with E-state index < -0.39 is 5.97 Å². The van der Waals surface area contributed by atoms with E-state index in [9.17, 15) is 9.59 Å². The quantitative estimate of drug-likeness (QED) is 0.694. The molecule has 0 saturated carbocycles. The van der Waals surface area contributed by atoms with Crippen LogP contribution in [0.3, 0.4) is 0 Å². The number of aryl methyl sites for hydroxylation is 1. The number of esters is 1. The van der Waals surface area contributed by atoms with Crippen LogP contribution >= 0.6 is 0 Å². The zero-order valence-electron chi connectivity index (χ0n) is 9.03. The van der Waals surface area contributed by atoms with E-state index in [-0.39, 0.29) is 12.1 Å². The lowest BCUT2D eigenvalue weighted by atomic mass is 10.2. The third kappa shape index (κ3) is 2.94. The normalized spacial score (nSPS) is 10.0. The van der Waals surface area contributed by atoms with E-state index in [0.29, 0.717) is 0 Å². The van der Waals surface area contributed by atoms with E-state index in [1.807, 2.05) is 13.0 Å². The molecule has 0 unspecified atom stereocenters. The van der Waals surface area contributed by atoms with E-state index in [1.54, 1.807) is 6.07 Å². The molecule has 1 aromatic rings. The molecule has 0 spiro atoms. The molecular formula is C11H15NO3. The van der Waals surface area contributed by atoms with Crippen LogP contribution in [0.1, 0.15) is 19.0 Å². The summed E-state index contributed by atoms with van der Waals surface area (Å²) >= 11 is 0. The Balaban J connectivity index is 3.02. The highest BCUT2D eigenvalue weighted by molar-refractivity contribution is 5.69. The molecule has 0 radical (unpaired) electrons. The maximum Gasteiger partial charge on any atom is 0.325 e. The number of carbonyl (C=O) groups is 1. The van der Waals surface area contributed by atoms with Crippen LogP contribution in [0.15, 0.2) is 23.0 Å². The molecule has 82 valence electrons. The number of aromatic nitrogens is 1. The van der Waals surface area contributed by atoms with Crippen LogP contribution in [0, 0.1) is 0 Å². The molecule has 1 heterocycles. The summed E-state index contributed by atoms with van der Waals surface area (Å²) in [6.07, 6.45) is 1.72. The summed E-state index contributed by atoms with van der Waals surface area (Å²) in [5.74, 6) is -0.402. The standard InChI is InChI=1S/C11H15NO3/c1-3-5-9-6-4-7-10(13)12(9)8-11(14)15-2/h4,6-7H,3,5,8H2,1-2H3. The zero-order valence-corrected chi connectivity index (χ0v) is 9.03. The average molecular weight is 209 g/mol. The van der Waals surface area contributed by atoms with Gasteiger partial charge in [-0.3, -0.25) is 9.59 Å². The molecule has 15 heavy (non-hydrogen) atoms. The third-order valence-corrected chi connectivity index (χ3v) is 2.16. The second-order valence-electron chi connectivity index (χ2n) is 3.27. The van der Waals surface area contributed by atoms with E-state index >= 15 is 0 Å². The maximum absolute atomic E-state index is 11.5. The van der Waals surface area contributed by atoms with Crippen molar-refractivity contribution < 1.29 is 9.53 Å². The molecule has 0 fully saturated rings. The first-order chi connectivity index (χ1) is 7.19. The molecule has 0 aliphatic heterocycles. The van der Waals surface area contributed by atoms with Crippen molar-refractivity contribution in [1.29, 1.82) is 0 Å². The van der Waals surface area contributed by atoms with Crippen LogP contribution in [0.4, 0.5) is 0 Å². The van der Waals surface area contributed by atoms with Crippen LogP contribution in [-0.2, 0) is 22.5 Å². The zero-order chi connectivity index (χ0) is 11.3. The summed E-state index contributed by atoms with van der Waals surface area (Å²) in [7, 11) is 1.32. The van der Waals surface area contributed by atoms with Crippen molar-refractivity contribution in [2.75, 3.05) is 7.11 Å². The monoisotopic (exact) mass is 209 g/mol. The van der Waals surface area contributed by atoms with Gasteiger partial charge in [0, 0.05) is 11.8 Å². The number of hydrogen-bond donors (Lipinski definition) is 0. The predicted octanol–water partition coefficient (Wildman–Crippen LogP) is 0.974. The second-order valence-corrected chi connectivity index (χ2v) is 3.27. The van der Waals surface area contributed by atoms with Crippen molar-refractivity contribution in [2.45, 2.75) is 26.3 Å². The Morgan fingerprint density at radius 3 is 2.80 bits per heavy atom. The van der Waals surface area contributed by atoms with Crippen LogP contribution in [0.25, 0.3) is 0 Å². The first-order valence-corrected chi connectivity index (χ1v) is 4.94. The van der Waals surface area contributed by atoms with Gasteiger partial charge in [-0.15, -0.1) is 0 Å². The van der Waals surface area contributed by atoms with E-state index in [0.717, 1.165) is 18.5 Å². The summed E-state index contributed by atoms with van der Waals surface area (Å²) in [5.41, 5.74) is 0.710. The first kappa shape index (κ1) is 11.5. The maximum atomic E-state index is 11.5. The number of nitrogens with zero attached hydrogens (tertiary/aromatic N) is 1. The number of pyridine rings is 1. The summed E-state index contributed by atoms with van der Waals surface area (Å²) in [5, 5.41) is 0. The van der Waals surface area contributed by atoms with Gasteiger partial charge in [0.05, 0.1) is 7.11 Å². The predicted molar refractivity (Wildman–Crippen MR) is 56.7 cm³/mol. The smallest absolute Gasteiger partial charge is 0.325 e. The van der Waals surface area contributed by atoms with Crippen LogP contribution < -0.4 is 5.56 Å². The van der Waals surface area contributed by atoms with Gasteiger partial charge in [0.15, 0.2) is 0 Å². The van der Waals surface area contributed by atoms with Gasteiger partial charge in [-0.2, -0.15) is 0 Å². The molecule has 1 rings (SSSR count). The average Bonchev–Trinajstić information content (AvgIpc) is 2.23. The van der Waals surface area contributed by atoms with E-state index in [1.165, 1.54) is 17.7 Å². The minimum atomic E-state index is -0.402. The first-order valence-electron chi connectivity index (χ1n) is 4.94. The van der Waals surface area contributed by atoms with Crippen molar-refractivity contribution >= 4 is 5.97 Å². The number of hydrogen-bond acceptors (Lipinski definition) is 3. The van der Waals surface area contributed by atoms with Gasteiger partial charge in [0.2, 0.25) is 0 Å². The molecule has 0 aliphatic rings. The SMILES string of the molecule is CCCc1cccc(=O)n1CC(=O)OC. The fraction of sp³-hybridized carbons (Fsp3) is 0.455. The minimum absolute atomic E-state index is 0.00843.